The monoisotopic (exact) mass is 497 g/mol. The van der Waals surface area contributed by atoms with Crippen LogP contribution in [0.2, 0.25) is 0 Å². The third-order valence-electron chi connectivity index (χ3n) is 6.52. The minimum absolute atomic E-state index is 0.0194. The van der Waals surface area contributed by atoms with Crippen LogP contribution in [0.25, 0.3) is 0 Å². The number of carbonyl (C=O) groups excluding carboxylic acids is 2. The molecule has 0 atom stereocenters. The van der Waals surface area contributed by atoms with E-state index in [0.29, 0.717) is 30.9 Å². The lowest BCUT2D eigenvalue weighted by atomic mass is 9.70. The maximum absolute atomic E-state index is 13.1. The van der Waals surface area contributed by atoms with Gasteiger partial charge in [-0.1, -0.05) is 55.7 Å². The molecular formula is C26H31N3O5S. The Balaban J connectivity index is 1.36. The summed E-state index contributed by atoms with van der Waals surface area (Å²) in [5.74, 6) is -0.431. The number of ether oxygens (including phenoxy) is 1. The Morgan fingerprint density at radius 3 is 2.46 bits per heavy atom. The molecule has 1 amide bonds. The Bertz CT molecular complexity index is 1190. The van der Waals surface area contributed by atoms with Crippen molar-refractivity contribution in [1.29, 1.82) is 0 Å². The van der Waals surface area contributed by atoms with Crippen LogP contribution in [-0.4, -0.2) is 39.3 Å². The standard InChI is InChI=1S/C26H31N3O5S/c30-24(28-21-11-7-12-22(17-21)35(32,33)29-23-13-8-16-27-23)19-34-25(31)26(14-5-2-6-15-26)18-20-9-3-1-4-10-20/h1,3-4,7,9-12,17H,2,5-6,8,13-16,18-19H2,(H,27,29)(H,28,30). The summed E-state index contributed by atoms with van der Waals surface area (Å²) in [6.45, 7) is 0.181. The van der Waals surface area contributed by atoms with Crippen molar-refractivity contribution in [3.8, 4) is 0 Å². The van der Waals surface area contributed by atoms with E-state index in [1.54, 1.807) is 12.1 Å². The van der Waals surface area contributed by atoms with Gasteiger partial charge < -0.3 is 10.1 Å². The number of nitrogens with zero attached hydrogens (tertiary/aromatic N) is 1. The fourth-order valence-corrected chi connectivity index (χ4v) is 5.86. The Hall–Kier alpha value is -3.20. The minimum atomic E-state index is -3.80. The number of nitrogens with one attached hydrogen (secondary N) is 2. The van der Waals surface area contributed by atoms with Gasteiger partial charge in [0.2, 0.25) is 0 Å². The molecule has 0 spiro atoms. The van der Waals surface area contributed by atoms with Gasteiger partial charge in [0.15, 0.2) is 6.61 Å². The molecule has 1 fully saturated rings. The molecule has 1 heterocycles. The first-order chi connectivity index (χ1) is 16.9. The first-order valence-electron chi connectivity index (χ1n) is 12.0. The molecular weight excluding hydrogens is 466 g/mol. The number of carbonyl (C=O) groups is 2. The van der Waals surface area contributed by atoms with Crippen molar-refractivity contribution in [2.75, 3.05) is 18.5 Å². The molecule has 2 N–H and O–H groups in total. The zero-order chi connectivity index (χ0) is 24.7. The van der Waals surface area contributed by atoms with Gasteiger partial charge in [0.05, 0.1) is 10.3 Å². The molecule has 2 aliphatic rings. The molecule has 0 radical (unpaired) electrons. The highest BCUT2D eigenvalue weighted by Crippen LogP contribution is 2.40. The van der Waals surface area contributed by atoms with Gasteiger partial charge in [0.1, 0.15) is 5.84 Å². The topological polar surface area (TPSA) is 114 Å². The Morgan fingerprint density at radius 1 is 0.971 bits per heavy atom. The van der Waals surface area contributed by atoms with Crippen molar-refractivity contribution < 1.29 is 22.7 Å². The quantitative estimate of drug-likeness (QED) is 0.538. The summed E-state index contributed by atoms with van der Waals surface area (Å²) in [7, 11) is -3.80. The Kier molecular flexibility index (Phi) is 7.85. The predicted octanol–water partition coefficient (Wildman–Crippen LogP) is 3.83. The molecule has 35 heavy (non-hydrogen) atoms. The number of aliphatic imine (C=N–C) groups is 1. The van der Waals surface area contributed by atoms with Crippen LogP contribution in [0, 0.1) is 5.41 Å². The molecule has 8 nitrogen and oxygen atoms in total. The summed E-state index contributed by atoms with van der Waals surface area (Å²) < 4.78 is 33.2. The van der Waals surface area contributed by atoms with Crippen molar-refractivity contribution in [2.45, 2.75) is 56.3 Å². The third kappa shape index (κ3) is 6.48. The lowest BCUT2D eigenvalue weighted by molar-refractivity contribution is -0.160. The smallest absolute Gasteiger partial charge is 0.312 e. The number of amides is 1. The lowest BCUT2D eigenvalue weighted by Gasteiger charge is -2.35. The molecule has 4 rings (SSSR count). The first kappa shape index (κ1) is 24.9. The number of hydrogen-bond donors (Lipinski definition) is 2. The van der Waals surface area contributed by atoms with Crippen LogP contribution < -0.4 is 10.0 Å². The summed E-state index contributed by atoms with van der Waals surface area (Å²) in [5.41, 5.74) is 0.757. The highest BCUT2D eigenvalue weighted by molar-refractivity contribution is 7.90. The molecule has 9 heteroatoms. The van der Waals surface area contributed by atoms with Crippen LogP contribution in [0.15, 0.2) is 64.5 Å². The van der Waals surface area contributed by atoms with Crippen LogP contribution >= 0.6 is 0 Å². The lowest BCUT2D eigenvalue weighted by Crippen LogP contribution is -2.38. The van der Waals surface area contributed by atoms with E-state index in [-0.39, 0.29) is 10.9 Å². The second-order valence-corrected chi connectivity index (χ2v) is 10.9. The molecule has 0 unspecified atom stereocenters. The van der Waals surface area contributed by atoms with Gasteiger partial charge in [0, 0.05) is 18.7 Å². The number of hydrogen-bond acceptors (Lipinski definition) is 6. The molecule has 0 saturated heterocycles. The highest BCUT2D eigenvalue weighted by atomic mass is 32.2. The fourth-order valence-electron chi connectivity index (χ4n) is 4.73. The number of rotatable bonds is 8. The van der Waals surface area contributed by atoms with E-state index >= 15 is 0 Å². The molecule has 2 aromatic rings. The van der Waals surface area contributed by atoms with Gasteiger partial charge in [0.25, 0.3) is 15.9 Å². The molecule has 0 bridgehead atoms. The zero-order valence-electron chi connectivity index (χ0n) is 19.7. The SMILES string of the molecule is O=C(COC(=O)C1(Cc2ccccc2)CCCCC1)Nc1cccc(S(=O)(=O)NC2=NCCC2)c1. The maximum Gasteiger partial charge on any atom is 0.312 e. The number of esters is 1. The number of amidine groups is 1. The number of anilines is 1. The summed E-state index contributed by atoms with van der Waals surface area (Å²) >= 11 is 0. The number of sulfonamides is 1. The van der Waals surface area contributed by atoms with Crippen molar-refractivity contribution >= 4 is 33.4 Å². The predicted molar refractivity (Wildman–Crippen MR) is 134 cm³/mol. The molecule has 1 aliphatic carbocycles. The summed E-state index contributed by atoms with van der Waals surface area (Å²) in [6.07, 6.45) is 6.47. The Morgan fingerprint density at radius 2 is 1.74 bits per heavy atom. The van der Waals surface area contributed by atoms with Gasteiger partial charge in [-0.3, -0.25) is 19.3 Å². The van der Waals surface area contributed by atoms with Crippen LogP contribution in [0.5, 0.6) is 0 Å². The van der Waals surface area contributed by atoms with Crippen LogP contribution in [-0.2, 0) is 30.8 Å². The fraction of sp³-hybridized carbons (Fsp3) is 0.423. The average Bonchev–Trinajstić information content (AvgIpc) is 3.36. The van der Waals surface area contributed by atoms with E-state index < -0.39 is 28.0 Å². The van der Waals surface area contributed by atoms with Gasteiger partial charge >= 0.3 is 5.97 Å². The van der Waals surface area contributed by atoms with E-state index in [1.165, 1.54) is 12.1 Å². The van der Waals surface area contributed by atoms with Crippen LogP contribution in [0.1, 0.15) is 50.5 Å². The van der Waals surface area contributed by atoms with Gasteiger partial charge in [-0.15, -0.1) is 0 Å². The van der Waals surface area contributed by atoms with E-state index in [2.05, 4.69) is 15.0 Å². The number of benzene rings is 2. The molecule has 186 valence electrons. The molecule has 2 aromatic carbocycles. The summed E-state index contributed by atoms with van der Waals surface area (Å²) in [6, 6.07) is 15.8. The van der Waals surface area contributed by atoms with Crippen molar-refractivity contribution in [2.24, 2.45) is 10.4 Å². The van der Waals surface area contributed by atoms with Gasteiger partial charge in [-0.2, -0.15) is 0 Å². The minimum Gasteiger partial charge on any atom is -0.455 e. The highest BCUT2D eigenvalue weighted by Gasteiger charge is 2.41. The van der Waals surface area contributed by atoms with Gasteiger partial charge in [-0.05, 0) is 49.4 Å². The largest absolute Gasteiger partial charge is 0.455 e. The van der Waals surface area contributed by atoms with E-state index in [9.17, 15) is 18.0 Å². The van der Waals surface area contributed by atoms with Crippen LogP contribution in [0.3, 0.4) is 0 Å². The Labute approximate surface area is 206 Å². The van der Waals surface area contributed by atoms with Gasteiger partial charge in [-0.25, -0.2) is 8.42 Å². The van der Waals surface area contributed by atoms with Crippen molar-refractivity contribution in [3.05, 3.63) is 60.2 Å². The molecule has 1 saturated carbocycles. The van der Waals surface area contributed by atoms with E-state index in [1.807, 2.05) is 30.3 Å². The second-order valence-electron chi connectivity index (χ2n) is 9.19. The van der Waals surface area contributed by atoms with Crippen LogP contribution in [0.4, 0.5) is 5.69 Å². The first-order valence-corrected chi connectivity index (χ1v) is 13.5. The van der Waals surface area contributed by atoms with Crippen molar-refractivity contribution in [3.63, 3.8) is 0 Å². The molecule has 1 aliphatic heterocycles. The van der Waals surface area contributed by atoms with E-state index in [0.717, 1.165) is 44.1 Å². The average molecular weight is 498 g/mol. The summed E-state index contributed by atoms with van der Waals surface area (Å²) in [4.78, 5) is 29.8. The summed E-state index contributed by atoms with van der Waals surface area (Å²) in [5, 5.41) is 2.63. The van der Waals surface area contributed by atoms with E-state index in [4.69, 9.17) is 4.74 Å². The third-order valence-corrected chi connectivity index (χ3v) is 7.90. The second kappa shape index (κ2) is 11.0. The normalized spacial score (nSPS) is 17.3. The maximum atomic E-state index is 13.1. The zero-order valence-corrected chi connectivity index (χ0v) is 20.5. The molecule has 0 aromatic heterocycles. The van der Waals surface area contributed by atoms with Crippen molar-refractivity contribution in [1.82, 2.24) is 4.72 Å².